The van der Waals surface area contributed by atoms with E-state index in [1.807, 2.05) is 41.3 Å². The fraction of sp³-hybridized carbons (Fsp3) is 0.357. The fourth-order valence-corrected chi connectivity index (χ4v) is 2.06. The Kier molecular flexibility index (Phi) is 5.28. The third-order valence-corrected chi connectivity index (χ3v) is 3.87. The average Bonchev–Trinajstić information content (AvgIpc) is 2.89. The lowest BCUT2D eigenvalue weighted by molar-refractivity contribution is 0.291. The van der Waals surface area contributed by atoms with Crippen molar-refractivity contribution in [1.82, 2.24) is 9.78 Å². The molecule has 1 aromatic carbocycles. The third kappa shape index (κ3) is 4.25. The second-order valence-corrected chi connectivity index (χ2v) is 5.66. The van der Waals surface area contributed by atoms with Crippen molar-refractivity contribution in [3.05, 3.63) is 46.7 Å². The van der Waals surface area contributed by atoms with Gasteiger partial charge < -0.3 is 4.74 Å². The molecule has 102 valence electrons. The van der Waals surface area contributed by atoms with E-state index < -0.39 is 0 Å². The molecule has 0 fully saturated rings. The number of nitrogens with zero attached hydrogens (tertiary/aromatic N) is 2. The van der Waals surface area contributed by atoms with Gasteiger partial charge in [-0.2, -0.15) is 5.10 Å². The van der Waals surface area contributed by atoms with E-state index in [2.05, 4.69) is 28.0 Å². The molecule has 2 rings (SSSR count). The van der Waals surface area contributed by atoms with Crippen molar-refractivity contribution in [1.29, 1.82) is 0 Å². The summed E-state index contributed by atoms with van der Waals surface area (Å²) in [6.07, 6.45) is 4.70. The van der Waals surface area contributed by atoms with Crippen LogP contribution in [0.2, 0.25) is 0 Å². The number of ether oxygens (including phenoxy) is 1. The highest BCUT2D eigenvalue weighted by Crippen LogP contribution is 2.22. The number of halogens is 2. The van der Waals surface area contributed by atoms with Gasteiger partial charge in [-0.3, -0.25) is 4.68 Å². The molecule has 5 heteroatoms. The van der Waals surface area contributed by atoms with Gasteiger partial charge in [0.05, 0.1) is 18.1 Å². The van der Waals surface area contributed by atoms with Gasteiger partial charge in [0.25, 0.3) is 0 Å². The molecule has 0 bridgehead atoms. The molecule has 0 radical (unpaired) electrons. The van der Waals surface area contributed by atoms with Crippen LogP contribution in [0.25, 0.3) is 0 Å². The van der Waals surface area contributed by atoms with Gasteiger partial charge in [0.1, 0.15) is 12.4 Å². The predicted octanol–water partition coefficient (Wildman–Crippen LogP) is 4.41. The summed E-state index contributed by atoms with van der Waals surface area (Å²) in [7, 11) is 0. The quantitative estimate of drug-likeness (QED) is 0.726. The molecule has 0 amide bonds. The summed E-state index contributed by atoms with van der Waals surface area (Å²) < 4.78 is 8.55. The molecule has 1 unspecified atom stereocenters. The molecule has 1 aromatic heterocycles. The van der Waals surface area contributed by atoms with E-state index in [4.69, 9.17) is 16.3 Å². The molecule has 0 N–H and O–H groups in total. The molecule has 1 atom stereocenters. The van der Waals surface area contributed by atoms with Crippen LogP contribution in [0.4, 0.5) is 0 Å². The van der Waals surface area contributed by atoms with Crippen LogP contribution in [-0.2, 0) is 6.54 Å². The normalized spacial score (nSPS) is 12.4. The lowest BCUT2D eigenvalue weighted by Gasteiger charge is -2.06. The van der Waals surface area contributed by atoms with Gasteiger partial charge in [-0.05, 0) is 30.7 Å². The van der Waals surface area contributed by atoms with E-state index >= 15 is 0 Å². The second kappa shape index (κ2) is 6.96. The molecule has 0 saturated heterocycles. The van der Waals surface area contributed by atoms with Gasteiger partial charge in [-0.15, -0.1) is 11.6 Å². The Morgan fingerprint density at radius 3 is 2.79 bits per heavy atom. The summed E-state index contributed by atoms with van der Waals surface area (Å²) >= 11 is 9.55. The molecule has 1 heterocycles. The molecular formula is C14H16BrClN2O. The fourth-order valence-electron chi connectivity index (χ4n) is 1.69. The predicted molar refractivity (Wildman–Crippen MR) is 80.7 cm³/mol. The number of rotatable bonds is 6. The van der Waals surface area contributed by atoms with Crippen LogP contribution in [0.3, 0.4) is 0 Å². The van der Waals surface area contributed by atoms with Gasteiger partial charge in [0.2, 0.25) is 0 Å². The van der Waals surface area contributed by atoms with Crippen molar-refractivity contribution in [3.63, 3.8) is 0 Å². The molecule has 3 nitrogen and oxygen atoms in total. The number of hydrogen-bond acceptors (Lipinski definition) is 2. The first kappa shape index (κ1) is 14.4. The summed E-state index contributed by atoms with van der Waals surface area (Å²) in [6.45, 7) is 3.36. The van der Waals surface area contributed by atoms with Crippen LogP contribution in [0.5, 0.6) is 5.75 Å². The highest BCUT2D eigenvalue weighted by Gasteiger charge is 2.07. The maximum Gasteiger partial charge on any atom is 0.119 e. The number of alkyl halides is 1. The zero-order valence-electron chi connectivity index (χ0n) is 10.7. The lowest BCUT2D eigenvalue weighted by atomic mass is 10.2. The van der Waals surface area contributed by atoms with E-state index in [1.165, 1.54) is 0 Å². The maximum atomic E-state index is 6.16. The summed E-state index contributed by atoms with van der Waals surface area (Å²) in [5, 5.41) is 4.32. The van der Waals surface area contributed by atoms with E-state index in [9.17, 15) is 0 Å². The Hall–Kier alpha value is -1.00. The van der Waals surface area contributed by atoms with Crippen molar-refractivity contribution < 1.29 is 4.74 Å². The highest BCUT2D eigenvalue weighted by atomic mass is 79.9. The average molecular weight is 344 g/mol. The van der Waals surface area contributed by atoms with Gasteiger partial charge in [0.15, 0.2) is 0 Å². The minimum absolute atomic E-state index is 0.0427. The van der Waals surface area contributed by atoms with Crippen LogP contribution in [-0.4, -0.2) is 16.4 Å². The molecular weight excluding hydrogens is 328 g/mol. The van der Waals surface area contributed by atoms with Crippen molar-refractivity contribution in [2.24, 2.45) is 0 Å². The summed E-state index contributed by atoms with van der Waals surface area (Å²) in [5.41, 5.74) is 1.06. The van der Waals surface area contributed by atoms with Crippen molar-refractivity contribution in [3.8, 4) is 5.75 Å². The Morgan fingerprint density at radius 2 is 2.11 bits per heavy atom. The Balaban J connectivity index is 1.82. The van der Waals surface area contributed by atoms with Crippen LogP contribution >= 0.6 is 27.5 Å². The molecule has 2 aromatic rings. The first-order valence-electron chi connectivity index (χ1n) is 6.24. The van der Waals surface area contributed by atoms with E-state index in [-0.39, 0.29) is 5.38 Å². The molecule has 0 aliphatic rings. The first-order chi connectivity index (χ1) is 9.19. The SMILES string of the molecule is CCC(Cl)c1cnn(CCOc2ccc(Br)cc2)c1. The van der Waals surface area contributed by atoms with Gasteiger partial charge >= 0.3 is 0 Å². The second-order valence-electron chi connectivity index (χ2n) is 4.21. The number of benzene rings is 1. The van der Waals surface area contributed by atoms with E-state index in [1.54, 1.807) is 0 Å². The monoisotopic (exact) mass is 342 g/mol. The van der Waals surface area contributed by atoms with Crippen LogP contribution in [0.15, 0.2) is 41.1 Å². The van der Waals surface area contributed by atoms with Crippen molar-refractivity contribution in [2.45, 2.75) is 25.3 Å². The topological polar surface area (TPSA) is 27.1 Å². The Bertz CT molecular complexity index is 512. The zero-order chi connectivity index (χ0) is 13.7. The molecule has 0 aliphatic heterocycles. The Labute approximate surface area is 126 Å². The molecule has 19 heavy (non-hydrogen) atoms. The van der Waals surface area contributed by atoms with Gasteiger partial charge in [-0.25, -0.2) is 0 Å². The van der Waals surface area contributed by atoms with Crippen LogP contribution < -0.4 is 4.74 Å². The highest BCUT2D eigenvalue weighted by molar-refractivity contribution is 9.10. The van der Waals surface area contributed by atoms with Gasteiger partial charge in [-0.1, -0.05) is 22.9 Å². The van der Waals surface area contributed by atoms with Crippen molar-refractivity contribution in [2.75, 3.05) is 6.61 Å². The molecule has 0 saturated carbocycles. The van der Waals surface area contributed by atoms with E-state index in [0.29, 0.717) is 13.2 Å². The minimum Gasteiger partial charge on any atom is -0.492 e. The Morgan fingerprint density at radius 1 is 1.37 bits per heavy atom. The standard InChI is InChI=1S/C14H16BrClN2O/c1-2-14(16)11-9-17-18(10-11)7-8-19-13-5-3-12(15)4-6-13/h3-6,9-10,14H,2,7-8H2,1H3. The van der Waals surface area contributed by atoms with E-state index in [0.717, 1.165) is 22.2 Å². The lowest BCUT2D eigenvalue weighted by Crippen LogP contribution is -2.08. The van der Waals surface area contributed by atoms with Crippen LogP contribution in [0, 0.1) is 0 Å². The summed E-state index contributed by atoms with van der Waals surface area (Å²) in [5.74, 6) is 0.861. The molecule has 0 aliphatic carbocycles. The zero-order valence-corrected chi connectivity index (χ0v) is 13.1. The number of hydrogen-bond donors (Lipinski definition) is 0. The van der Waals surface area contributed by atoms with Crippen molar-refractivity contribution >= 4 is 27.5 Å². The minimum atomic E-state index is 0.0427. The number of aromatic nitrogens is 2. The first-order valence-corrected chi connectivity index (χ1v) is 7.46. The summed E-state index contributed by atoms with van der Waals surface area (Å²) in [4.78, 5) is 0. The smallest absolute Gasteiger partial charge is 0.119 e. The summed E-state index contributed by atoms with van der Waals surface area (Å²) in [6, 6.07) is 7.79. The largest absolute Gasteiger partial charge is 0.492 e. The van der Waals surface area contributed by atoms with Crippen LogP contribution in [0.1, 0.15) is 24.3 Å². The third-order valence-electron chi connectivity index (χ3n) is 2.78. The van der Waals surface area contributed by atoms with Gasteiger partial charge in [0, 0.05) is 16.2 Å². The molecule has 0 spiro atoms. The maximum absolute atomic E-state index is 6.16.